The summed E-state index contributed by atoms with van der Waals surface area (Å²) in [6, 6.07) is 10.2. The van der Waals surface area contributed by atoms with Gasteiger partial charge < -0.3 is 10.2 Å². The molecule has 1 amide bonds. The molecule has 1 N–H and O–H groups in total. The molecule has 17 heavy (non-hydrogen) atoms. The fraction of sp³-hybridized carbons (Fsp3) is 0.500. The van der Waals surface area contributed by atoms with Crippen molar-refractivity contribution < 1.29 is 4.79 Å². The highest BCUT2D eigenvalue weighted by atomic mass is 16.2. The Morgan fingerprint density at radius 2 is 2.12 bits per heavy atom. The number of nitrogens with one attached hydrogen (secondary N) is 1. The summed E-state index contributed by atoms with van der Waals surface area (Å²) in [4.78, 5) is 14.2. The van der Waals surface area contributed by atoms with Crippen molar-refractivity contribution >= 4 is 5.91 Å². The minimum absolute atomic E-state index is 0.0824. The summed E-state index contributed by atoms with van der Waals surface area (Å²) >= 11 is 0. The Kier molecular flexibility index (Phi) is 4.15. The predicted molar refractivity (Wildman–Crippen MR) is 68.5 cm³/mol. The average Bonchev–Trinajstić information content (AvgIpc) is 2.36. The molecule has 3 heteroatoms. The molecule has 2 rings (SSSR count). The molecule has 0 aromatic heterocycles. The van der Waals surface area contributed by atoms with E-state index in [9.17, 15) is 4.79 Å². The zero-order valence-corrected chi connectivity index (χ0v) is 10.4. The van der Waals surface area contributed by atoms with Crippen LogP contribution in [0.15, 0.2) is 30.3 Å². The van der Waals surface area contributed by atoms with Crippen LogP contribution in [0.5, 0.6) is 0 Å². The molecule has 3 nitrogen and oxygen atoms in total. The van der Waals surface area contributed by atoms with Gasteiger partial charge in [0.15, 0.2) is 0 Å². The highest BCUT2D eigenvalue weighted by molar-refractivity contribution is 5.78. The molecule has 1 heterocycles. The van der Waals surface area contributed by atoms with Crippen molar-refractivity contribution in [3.05, 3.63) is 35.9 Å². The second-order valence-electron chi connectivity index (χ2n) is 4.70. The van der Waals surface area contributed by atoms with Crippen molar-refractivity contribution in [1.29, 1.82) is 0 Å². The highest BCUT2D eigenvalue weighted by Crippen LogP contribution is 2.11. The summed E-state index contributed by atoms with van der Waals surface area (Å²) in [6.45, 7) is 5.39. The fourth-order valence-electron chi connectivity index (χ4n) is 2.18. The van der Waals surface area contributed by atoms with E-state index < -0.39 is 0 Å². The molecular formula is C14H20N2O. The van der Waals surface area contributed by atoms with E-state index in [-0.39, 0.29) is 11.8 Å². The Balaban J connectivity index is 2.04. The van der Waals surface area contributed by atoms with Gasteiger partial charge in [-0.25, -0.2) is 0 Å². The van der Waals surface area contributed by atoms with Crippen molar-refractivity contribution in [1.82, 2.24) is 10.2 Å². The van der Waals surface area contributed by atoms with Crippen LogP contribution in [-0.4, -0.2) is 30.4 Å². The Morgan fingerprint density at radius 1 is 1.35 bits per heavy atom. The summed E-state index contributed by atoms with van der Waals surface area (Å²) in [5.74, 6) is 0.347. The van der Waals surface area contributed by atoms with Gasteiger partial charge in [0, 0.05) is 25.6 Å². The number of hydrogen-bond donors (Lipinski definition) is 1. The van der Waals surface area contributed by atoms with E-state index in [1.807, 2.05) is 30.0 Å². The molecule has 0 aliphatic carbocycles. The smallest absolute Gasteiger partial charge is 0.226 e. The molecule has 1 aromatic rings. The molecule has 1 saturated heterocycles. The van der Waals surface area contributed by atoms with E-state index in [0.29, 0.717) is 0 Å². The van der Waals surface area contributed by atoms with Crippen LogP contribution in [0.4, 0.5) is 0 Å². The van der Waals surface area contributed by atoms with Crippen LogP contribution in [0, 0.1) is 5.92 Å². The third-order valence-electron chi connectivity index (χ3n) is 3.18. The quantitative estimate of drug-likeness (QED) is 0.841. The fourth-order valence-corrected chi connectivity index (χ4v) is 2.18. The molecule has 1 aliphatic rings. The summed E-state index contributed by atoms with van der Waals surface area (Å²) in [6.07, 6.45) is 1.03. The van der Waals surface area contributed by atoms with Crippen LogP contribution in [0.1, 0.15) is 18.9 Å². The highest BCUT2D eigenvalue weighted by Gasteiger charge is 2.21. The number of benzene rings is 1. The maximum absolute atomic E-state index is 12.2. The second kappa shape index (κ2) is 5.82. The number of amides is 1. The van der Waals surface area contributed by atoms with Gasteiger partial charge in [0.1, 0.15) is 0 Å². The molecule has 0 spiro atoms. The SMILES string of the molecule is CC1CNCCCN(Cc2ccccc2)C1=O. The zero-order chi connectivity index (χ0) is 12.1. The number of hydrogen-bond acceptors (Lipinski definition) is 2. The van der Waals surface area contributed by atoms with Gasteiger partial charge in [-0.2, -0.15) is 0 Å². The minimum atomic E-state index is 0.0824. The first kappa shape index (κ1) is 12.1. The summed E-state index contributed by atoms with van der Waals surface area (Å²) in [5.41, 5.74) is 1.21. The first-order valence-corrected chi connectivity index (χ1v) is 6.31. The van der Waals surface area contributed by atoms with Gasteiger partial charge in [-0.15, -0.1) is 0 Å². The summed E-state index contributed by atoms with van der Waals surface area (Å²) < 4.78 is 0. The monoisotopic (exact) mass is 232 g/mol. The van der Waals surface area contributed by atoms with Crippen molar-refractivity contribution in [2.75, 3.05) is 19.6 Å². The molecular weight excluding hydrogens is 212 g/mol. The Morgan fingerprint density at radius 3 is 2.88 bits per heavy atom. The second-order valence-corrected chi connectivity index (χ2v) is 4.70. The van der Waals surface area contributed by atoms with Gasteiger partial charge in [-0.05, 0) is 18.5 Å². The lowest BCUT2D eigenvalue weighted by Gasteiger charge is -2.28. The molecule has 1 atom stereocenters. The lowest BCUT2D eigenvalue weighted by atomic mass is 10.1. The van der Waals surface area contributed by atoms with Crippen LogP contribution >= 0.6 is 0 Å². The molecule has 0 saturated carbocycles. The van der Waals surface area contributed by atoms with Crippen molar-refractivity contribution in [2.45, 2.75) is 19.9 Å². The molecule has 1 unspecified atom stereocenters. The van der Waals surface area contributed by atoms with Gasteiger partial charge >= 0.3 is 0 Å². The predicted octanol–water partition coefficient (Wildman–Crippen LogP) is 1.64. The Labute approximate surface area is 103 Å². The lowest BCUT2D eigenvalue weighted by Crippen LogP contribution is -2.42. The first-order valence-electron chi connectivity index (χ1n) is 6.31. The number of carbonyl (C=O) groups excluding carboxylic acids is 1. The van der Waals surface area contributed by atoms with Crippen LogP contribution in [0.25, 0.3) is 0 Å². The molecule has 0 radical (unpaired) electrons. The molecule has 1 aromatic carbocycles. The van der Waals surface area contributed by atoms with E-state index in [0.717, 1.165) is 32.6 Å². The summed E-state index contributed by atoms with van der Waals surface area (Å²) in [5, 5.41) is 3.30. The first-order chi connectivity index (χ1) is 8.27. The molecule has 92 valence electrons. The van der Waals surface area contributed by atoms with Crippen molar-refractivity contribution in [3.8, 4) is 0 Å². The van der Waals surface area contributed by atoms with Crippen LogP contribution in [0.3, 0.4) is 0 Å². The van der Waals surface area contributed by atoms with Gasteiger partial charge in [0.05, 0.1) is 0 Å². The topological polar surface area (TPSA) is 32.3 Å². The Hall–Kier alpha value is -1.35. The third kappa shape index (κ3) is 3.30. The van der Waals surface area contributed by atoms with E-state index in [1.54, 1.807) is 0 Å². The van der Waals surface area contributed by atoms with Gasteiger partial charge in [-0.3, -0.25) is 4.79 Å². The molecule has 1 fully saturated rings. The van der Waals surface area contributed by atoms with Crippen molar-refractivity contribution in [2.24, 2.45) is 5.92 Å². The lowest BCUT2D eigenvalue weighted by molar-refractivity contribution is -0.136. The largest absolute Gasteiger partial charge is 0.338 e. The minimum Gasteiger partial charge on any atom is -0.338 e. The summed E-state index contributed by atoms with van der Waals surface area (Å²) in [7, 11) is 0. The molecule has 0 bridgehead atoms. The van der Waals surface area contributed by atoms with Gasteiger partial charge in [-0.1, -0.05) is 37.3 Å². The van der Waals surface area contributed by atoms with E-state index >= 15 is 0 Å². The van der Waals surface area contributed by atoms with E-state index in [2.05, 4.69) is 17.4 Å². The van der Waals surface area contributed by atoms with E-state index in [1.165, 1.54) is 5.56 Å². The van der Waals surface area contributed by atoms with Crippen molar-refractivity contribution in [3.63, 3.8) is 0 Å². The standard InChI is InChI=1S/C14H20N2O/c1-12-10-15-8-5-9-16(14(12)17)11-13-6-3-2-4-7-13/h2-4,6-7,12,15H,5,8-11H2,1H3. The third-order valence-corrected chi connectivity index (χ3v) is 3.18. The zero-order valence-electron chi connectivity index (χ0n) is 10.4. The number of rotatable bonds is 2. The van der Waals surface area contributed by atoms with Crippen LogP contribution in [0.2, 0.25) is 0 Å². The number of carbonyl (C=O) groups is 1. The van der Waals surface area contributed by atoms with E-state index in [4.69, 9.17) is 0 Å². The molecule has 1 aliphatic heterocycles. The van der Waals surface area contributed by atoms with Crippen LogP contribution in [-0.2, 0) is 11.3 Å². The van der Waals surface area contributed by atoms with Gasteiger partial charge in [0.2, 0.25) is 5.91 Å². The van der Waals surface area contributed by atoms with Gasteiger partial charge in [0.25, 0.3) is 0 Å². The maximum Gasteiger partial charge on any atom is 0.226 e. The average molecular weight is 232 g/mol. The number of nitrogens with zero attached hydrogens (tertiary/aromatic N) is 1. The maximum atomic E-state index is 12.2. The Bertz CT molecular complexity index is 364. The van der Waals surface area contributed by atoms with Crippen LogP contribution < -0.4 is 5.32 Å². The normalized spacial score (nSPS) is 22.1.